The minimum atomic E-state index is -3.65. The van der Waals surface area contributed by atoms with Crippen molar-refractivity contribution in [2.75, 3.05) is 13.1 Å². The molecule has 1 saturated heterocycles. The molecule has 4 rings (SSSR count). The van der Waals surface area contributed by atoms with Gasteiger partial charge in [-0.2, -0.15) is 4.31 Å². The van der Waals surface area contributed by atoms with Crippen molar-refractivity contribution < 1.29 is 12.8 Å². The third-order valence-electron chi connectivity index (χ3n) is 4.41. The molecule has 0 aliphatic carbocycles. The molecule has 0 bridgehead atoms. The quantitative estimate of drug-likeness (QED) is 0.533. The highest BCUT2D eigenvalue weighted by atomic mass is 35.5. The zero-order valence-corrected chi connectivity index (χ0v) is 17.2. The Bertz CT molecular complexity index is 1070. The maximum Gasteiger partial charge on any atom is 0.245 e. The lowest BCUT2D eigenvalue weighted by molar-refractivity contribution is 0.293. The molecular formula is C16H13Cl3N2O3S2. The zero-order valence-electron chi connectivity index (χ0n) is 13.3. The zero-order chi connectivity index (χ0) is 18.5. The van der Waals surface area contributed by atoms with E-state index in [1.165, 1.54) is 10.4 Å². The van der Waals surface area contributed by atoms with E-state index in [2.05, 4.69) is 4.98 Å². The molecule has 1 fully saturated rings. The molecule has 3 heterocycles. The lowest BCUT2D eigenvalue weighted by Gasteiger charge is -2.29. The van der Waals surface area contributed by atoms with Gasteiger partial charge in [-0.25, -0.2) is 13.4 Å². The smallest absolute Gasteiger partial charge is 0.245 e. The lowest BCUT2D eigenvalue weighted by Crippen LogP contribution is -2.37. The average molecular weight is 452 g/mol. The summed E-state index contributed by atoms with van der Waals surface area (Å²) in [5.74, 6) is 0.685. The van der Waals surface area contributed by atoms with Gasteiger partial charge >= 0.3 is 0 Å². The molecule has 10 heteroatoms. The minimum absolute atomic E-state index is 0.0640. The first-order valence-electron chi connectivity index (χ1n) is 7.85. The third-order valence-corrected chi connectivity index (χ3v) is 8.30. The van der Waals surface area contributed by atoms with Gasteiger partial charge in [0.2, 0.25) is 10.0 Å². The molecule has 26 heavy (non-hydrogen) atoms. The highest BCUT2D eigenvalue weighted by Crippen LogP contribution is 2.38. The second kappa shape index (κ2) is 6.96. The predicted molar refractivity (Wildman–Crippen MR) is 104 cm³/mol. The number of piperidine rings is 1. The molecule has 5 nitrogen and oxygen atoms in total. The monoisotopic (exact) mass is 450 g/mol. The molecule has 2 aromatic heterocycles. The van der Waals surface area contributed by atoms with Crippen LogP contribution in [0.2, 0.25) is 13.7 Å². The molecule has 0 radical (unpaired) electrons. The number of oxazole rings is 1. The van der Waals surface area contributed by atoms with E-state index in [0.29, 0.717) is 52.3 Å². The molecule has 0 N–H and O–H groups in total. The SMILES string of the molecule is O=S(=O)(c1cc(Cl)sc1Cl)N1CCC(c2nc3cc(Cl)ccc3o2)CC1. The number of sulfonamides is 1. The number of aromatic nitrogens is 1. The molecule has 3 aromatic rings. The molecule has 1 aromatic carbocycles. The van der Waals surface area contributed by atoms with Gasteiger partial charge in [0.25, 0.3) is 0 Å². The molecule has 138 valence electrons. The average Bonchev–Trinajstić information content (AvgIpc) is 3.17. The first-order chi connectivity index (χ1) is 12.3. The number of benzene rings is 1. The van der Waals surface area contributed by atoms with Crippen molar-refractivity contribution in [1.29, 1.82) is 0 Å². The fourth-order valence-corrected chi connectivity index (χ4v) is 6.83. The van der Waals surface area contributed by atoms with E-state index in [4.69, 9.17) is 39.2 Å². The maximum atomic E-state index is 12.8. The van der Waals surface area contributed by atoms with Crippen LogP contribution in [0.1, 0.15) is 24.7 Å². The van der Waals surface area contributed by atoms with Crippen molar-refractivity contribution >= 4 is 67.3 Å². The summed E-state index contributed by atoms with van der Waals surface area (Å²) in [5, 5.41) is 0.601. The van der Waals surface area contributed by atoms with Gasteiger partial charge in [-0.1, -0.05) is 34.8 Å². The van der Waals surface area contributed by atoms with Crippen LogP contribution in [0.15, 0.2) is 33.6 Å². The van der Waals surface area contributed by atoms with Gasteiger partial charge in [0.05, 0.1) is 4.34 Å². The molecule has 1 aliphatic rings. The summed E-state index contributed by atoms with van der Waals surface area (Å²) in [5.41, 5.74) is 1.39. The van der Waals surface area contributed by atoms with Crippen LogP contribution in [0.5, 0.6) is 0 Å². The second-order valence-corrected chi connectivity index (χ2v) is 10.7. The highest BCUT2D eigenvalue weighted by molar-refractivity contribution is 7.89. The van der Waals surface area contributed by atoms with Crippen LogP contribution in [0.4, 0.5) is 0 Å². The summed E-state index contributed by atoms with van der Waals surface area (Å²) in [7, 11) is -3.65. The van der Waals surface area contributed by atoms with Crippen LogP contribution in [-0.4, -0.2) is 30.8 Å². The van der Waals surface area contributed by atoms with E-state index in [0.717, 1.165) is 11.3 Å². The van der Waals surface area contributed by atoms with Gasteiger partial charge in [-0.15, -0.1) is 11.3 Å². The van der Waals surface area contributed by atoms with Crippen molar-refractivity contribution in [3.05, 3.63) is 43.9 Å². The first-order valence-corrected chi connectivity index (χ1v) is 11.2. The molecule has 0 atom stereocenters. The van der Waals surface area contributed by atoms with Gasteiger partial charge in [-0.3, -0.25) is 0 Å². The number of fused-ring (bicyclic) bond motifs is 1. The van der Waals surface area contributed by atoms with Gasteiger partial charge < -0.3 is 4.42 Å². The molecular weight excluding hydrogens is 439 g/mol. The number of halogens is 3. The number of hydrogen-bond donors (Lipinski definition) is 0. The topological polar surface area (TPSA) is 63.4 Å². The Balaban J connectivity index is 1.52. The van der Waals surface area contributed by atoms with Gasteiger partial charge in [0.15, 0.2) is 11.5 Å². The van der Waals surface area contributed by atoms with Crippen molar-refractivity contribution in [3.63, 3.8) is 0 Å². The number of thiophene rings is 1. The molecule has 0 unspecified atom stereocenters. The summed E-state index contributed by atoms with van der Waals surface area (Å²) in [4.78, 5) is 4.58. The minimum Gasteiger partial charge on any atom is -0.440 e. The maximum absolute atomic E-state index is 12.8. The van der Waals surface area contributed by atoms with Crippen molar-refractivity contribution in [2.24, 2.45) is 0 Å². The Morgan fingerprint density at radius 1 is 1.15 bits per heavy atom. The van der Waals surface area contributed by atoms with E-state index >= 15 is 0 Å². The molecule has 1 aliphatic heterocycles. The Morgan fingerprint density at radius 2 is 1.88 bits per heavy atom. The van der Waals surface area contributed by atoms with E-state index in [1.54, 1.807) is 18.2 Å². The van der Waals surface area contributed by atoms with Crippen molar-refractivity contribution in [3.8, 4) is 0 Å². The Hall–Kier alpha value is -0.830. The number of nitrogens with zero attached hydrogens (tertiary/aromatic N) is 2. The van der Waals surface area contributed by atoms with Crippen LogP contribution in [0.3, 0.4) is 0 Å². The number of hydrogen-bond acceptors (Lipinski definition) is 5. The van der Waals surface area contributed by atoms with Crippen LogP contribution in [0.25, 0.3) is 11.1 Å². The summed E-state index contributed by atoms with van der Waals surface area (Å²) in [6.45, 7) is 0.743. The number of rotatable bonds is 3. The standard InChI is InChI=1S/C16H13Cl3N2O3S2/c17-10-1-2-12-11(7-10)20-16(24-12)9-3-5-21(6-4-9)26(22,23)13-8-14(18)25-15(13)19/h1-2,7-9H,3-6H2. The van der Waals surface area contributed by atoms with Gasteiger partial charge in [0.1, 0.15) is 14.7 Å². The Morgan fingerprint density at radius 3 is 2.54 bits per heavy atom. The van der Waals surface area contributed by atoms with Crippen molar-refractivity contribution in [1.82, 2.24) is 9.29 Å². The molecule has 0 spiro atoms. The summed E-state index contributed by atoms with van der Waals surface area (Å²) in [6.07, 6.45) is 1.24. The second-order valence-electron chi connectivity index (χ2n) is 6.03. The molecule has 0 amide bonds. The predicted octanol–water partition coefficient (Wildman–Crippen LogP) is 5.42. The largest absolute Gasteiger partial charge is 0.440 e. The first kappa shape index (κ1) is 18.5. The summed E-state index contributed by atoms with van der Waals surface area (Å²) >= 11 is 18.9. The Labute approximate surface area is 169 Å². The molecule has 0 saturated carbocycles. The Kier molecular flexibility index (Phi) is 4.96. The van der Waals surface area contributed by atoms with Crippen molar-refractivity contribution in [2.45, 2.75) is 23.7 Å². The van der Waals surface area contributed by atoms with Crippen LogP contribution >= 0.6 is 46.1 Å². The lowest BCUT2D eigenvalue weighted by atomic mass is 9.98. The van der Waals surface area contributed by atoms with Crippen LogP contribution in [-0.2, 0) is 10.0 Å². The summed E-state index contributed by atoms with van der Waals surface area (Å²) in [6, 6.07) is 6.70. The van der Waals surface area contributed by atoms with E-state index < -0.39 is 10.0 Å². The fraction of sp³-hybridized carbons (Fsp3) is 0.312. The van der Waals surface area contributed by atoms with Gasteiger partial charge in [-0.05, 0) is 37.1 Å². The van der Waals surface area contributed by atoms with Crippen LogP contribution < -0.4 is 0 Å². The van der Waals surface area contributed by atoms with E-state index in [9.17, 15) is 8.42 Å². The van der Waals surface area contributed by atoms with Gasteiger partial charge in [0, 0.05) is 24.0 Å². The highest BCUT2D eigenvalue weighted by Gasteiger charge is 2.33. The normalized spacial score (nSPS) is 17.2. The summed E-state index contributed by atoms with van der Waals surface area (Å²) < 4.78 is 33.4. The van der Waals surface area contributed by atoms with Crippen LogP contribution in [0, 0.1) is 0 Å². The fourth-order valence-electron chi connectivity index (χ4n) is 3.08. The third kappa shape index (κ3) is 3.37. The van der Waals surface area contributed by atoms with E-state index in [1.807, 2.05) is 0 Å². The van der Waals surface area contributed by atoms with E-state index in [-0.39, 0.29) is 15.1 Å².